The van der Waals surface area contributed by atoms with Gasteiger partial charge in [0.05, 0.1) is 64.6 Å². The largest absolute Gasteiger partial charge is 0.388 e. The molecule has 0 bridgehead atoms. The van der Waals surface area contributed by atoms with Crippen molar-refractivity contribution in [2.45, 2.75) is 43.4 Å². The highest BCUT2D eigenvalue weighted by Crippen LogP contribution is 2.46. The number of aliphatic hydroxyl groups is 1. The molecule has 6 rings (SSSR count). The Bertz CT molecular complexity index is 1560. The predicted molar refractivity (Wildman–Crippen MR) is 180 cm³/mol. The average molecular weight is 679 g/mol. The van der Waals surface area contributed by atoms with Crippen LogP contribution >= 0.6 is 0 Å². The van der Waals surface area contributed by atoms with Gasteiger partial charge in [0.25, 0.3) is 0 Å². The van der Waals surface area contributed by atoms with E-state index in [-0.39, 0.29) is 42.0 Å². The van der Waals surface area contributed by atoms with Gasteiger partial charge < -0.3 is 34.0 Å². The number of anilines is 1. The van der Waals surface area contributed by atoms with Gasteiger partial charge in [-0.2, -0.15) is 0 Å². The number of quaternary nitrogens is 1. The van der Waals surface area contributed by atoms with Crippen LogP contribution in [0.5, 0.6) is 0 Å². The van der Waals surface area contributed by atoms with Crippen LogP contribution < -0.4 is 10.2 Å². The summed E-state index contributed by atoms with van der Waals surface area (Å²) in [5.41, 5.74) is 2.74. The molecule has 0 spiro atoms. The number of rotatable bonds is 15. The molecule has 3 saturated heterocycles. The first kappa shape index (κ1) is 35.1. The number of carbonyl (C=O) groups is 2. The van der Waals surface area contributed by atoms with E-state index in [0.29, 0.717) is 50.3 Å². The van der Waals surface area contributed by atoms with Crippen molar-refractivity contribution in [3.63, 3.8) is 0 Å². The highest BCUT2D eigenvalue weighted by atomic mass is 19.1. The summed E-state index contributed by atoms with van der Waals surface area (Å²) in [4.78, 5) is 27.7. The van der Waals surface area contributed by atoms with Crippen LogP contribution in [0, 0.1) is 17.6 Å². The van der Waals surface area contributed by atoms with Crippen molar-refractivity contribution in [3.8, 4) is 0 Å². The SMILES string of the molecule is C[N+]1(CCNC(=O)COC2(CCc3ccc(C4[C@@H](CCC(O)c5ccc(F)cc5)C(=O)N4c4ccc(F)cc4)cc3)COC2)CCOCC1. The van der Waals surface area contributed by atoms with Gasteiger partial charge in [0.1, 0.15) is 36.9 Å². The Morgan fingerprint density at radius 3 is 2.29 bits per heavy atom. The minimum Gasteiger partial charge on any atom is -0.388 e. The predicted octanol–water partition coefficient (Wildman–Crippen LogP) is 4.49. The van der Waals surface area contributed by atoms with E-state index in [2.05, 4.69) is 12.4 Å². The van der Waals surface area contributed by atoms with Crippen LogP contribution in [0.3, 0.4) is 0 Å². The number of aryl methyl sites for hydroxylation is 1. The molecule has 0 aliphatic carbocycles. The fourth-order valence-electron chi connectivity index (χ4n) is 6.92. The van der Waals surface area contributed by atoms with E-state index in [0.717, 1.165) is 54.9 Å². The van der Waals surface area contributed by atoms with Crippen LogP contribution in [-0.2, 0) is 30.2 Å². The molecule has 0 saturated carbocycles. The van der Waals surface area contributed by atoms with E-state index in [9.17, 15) is 23.5 Å². The lowest BCUT2D eigenvalue weighted by molar-refractivity contribution is -0.915. The van der Waals surface area contributed by atoms with Gasteiger partial charge in [0, 0.05) is 5.69 Å². The molecule has 0 aromatic heterocycles. The highest BCUT2D eigenvalue weighted by molar-refractivity contribution is 6.03. The second kappa shape index (κ2) is 15.4. The van der Waals surface area contributed by atoms with Crippen molar-refractivity contribution >= 4 is 17.5 Å². The van der Waals surface area contributed by atoms with Gasteiger partial charge in [0.2, 0.25) is 11.8 Å². The van der Waals surface area contributed by atoms with Crippen LogP contribution in [0.2, 0.25) is 0 Å². The lowest BCUT2D eigenvalue weighted by Crippen LogP contribution is -2.55. The summed E-state index contributed by atoms with van der Waals surface area (Å²) in [5, 5.41) is 13.7. The quantitative estimate of drug-likeness (QED) is 0.182. The molecular formula is C38H46F2N3O6+. The third-order valence-electron chi connectivity index (χ3n) is 10.3. The second-order valence-electron chi connectivity index (χ2n) is 13.8. The van der Waals surface area contributed by atoms with Crippen molar-refractivity contribution in [1.29, 1.82) is 0 Å². The number of carbonyl (C=O) groups excluding carboxylic acids is 2. The number of hydrogen-bond donors (Lipinski definition) is 2. The van der Waals surface area contributed by atoms with Gasteiger partial charge in [-0.1, -0.05) is 36.4 Å². The van der Waals surface area contributed by atoms with Gasteiger partial charge >= 0.3 is 0 Å². The Labute approximate surface area is 286 Å². The first-order valence-electron chi connectivity index (χ1n) is 17.1. The lowest BCUT2D eigenvalue weighted by atomic mass is 9.78. The molecule has 2 unspecified atom stereocenters. The summed E-state index contributed by atoms with van der Waals surface area (Å²) in [7, 11) is 2.19. The summed E-state index contributed by atoms with van der Waals surface area (Å²) < 4.78 is 45.0. The molecule has 3 aromatic carbocycles. The third kappa shape index (κ3) is 8.53. The summed E-state index contributed by atoms with van der Waals surface area (Å²) >= 11 is 0. The van der Waals surface area contributed by atoms with Gasteiger partial charge in [0.15, 0.2) is 0 Å². The van der Waals surface area contributed by atoms with E-state index in [4.69, 9.17) is 14.2 Å². The zero-order valence-corrected chi connectivity index (χ0v) is 28.0. The molecule has 2 amide bonds. The molecule has 3 aromatic rings. The Morgan fingerprint density at radius 1 is 1.00 bits per heavy atom. The van der Waals surface area contributed by atoms with Crippen LogP contribution in [0.4, 0.5) is 14.5 Å². The highest BCUT2D eigenvalue weighted by Gasteiger charge is 2.48. The number of halogens is 2. The second-order valence-corrected chi connectivity index (χ2v) is 13.8. The number of nitrogens with one attached hydrogen (secondary N) is 1. The van der Waals surface area contributed by atoms with E-state index in [1.165, 1.54) is 24.3 Å². The maximum absolute atomic E-state index is 13.7. The molecule has 3 aliphatic heterocycles. The number of aliphatic hydroxyl groups excluding tert-OH is 1. The van der Waals surface area contributed by atoms with E-state index in [1.807, 2.05) is 24.3 Å². The zero-order chi connectivity index (χ0) is 34.4. The molecule has 3 fully saturated rings. The van der Waals surface area contributed by atoms with E-state index < -0.39 is 11.7 Å². The Kier molecular flexibility index (Phi) is 11.1. The van der Waals surface area contributed by atoms with Crippen molar-refractivity contribution in [2.24, 2.45) is 5.92 Å². The first-order valence-corrected chi connectivity index (χ1v) is 17.1. The van der Waals surface area contributed by atoms with Gasteiger partial charge in [-0.25, -0.2) is 8.78 Å². The molecule has 0 radical (unpaired) electrons. The standard InChI is InChI=1S/C38H45F2N3O6/c1-43(20-22-47-23-21-43)19-18-41-35(45)24-49-38(25-48-26-38)17-16-27-2-4-29(5-3-27)36-33(14-15-34(44)28-6-8-30(39)9-7-28)37(46)42(36)32-12-10-31(40)11-13-32/h2-13,33-34,36,44H,14-26H2,1H3/p+1/t33-,34?,36?/m1/s1. The van der Waals surface area contributed by atoms with Crippen molar-refractivity contribution in [2.75, 3.05) is 71.2 Å². The van der Waals surface area contributed by atoms with Gasteiger partial charge in [-0.05, 0) is 78.8 Å². The molecule has 2 N–H and O–H groups in total. The normalized spacial score (nSPS) is 21.8. The number of ether oxygens (including phenoxy) is 3. The van der Waals surface area contributed by atoms with Crippen LogP contribution in [0.15, 0.2) is 72.8 Å². The molecule has 262 valence electrons. The Morgan fingerprint density at radius 2 is 1.65 bits per heavy atom. The maximum Gasteiger partial charge on any atom is 0.246 e. The molecule has 49 heavy (non-hydrogen) atoms. The summed E-state index contributed by atoms with van der Waals surface area (Å²) in [6.07, 6.45) is 1.36. The van der Waals surface area contributed by atoms with Crippen molar-refractivity contribution < 1.29 is 42.2 Å². The monoisotopic (exact) mass is 678 g/mol. The number of likely N-dealkylation sites (N-methyl/N-ethyl adjacent to an activating group) is 1. The van der Waals surface area contributed by atoms with Crippen molar-refractivity contribution in [1.82, 2.24) is 5.32 Å². The maximum atomic E-state index is 13.7. The number of hydrogen-bond acceptors (Lipinski definition) is 6. The Balaban J connectivity index is 1.04. The fraction of sp³-hybridized carbons (Fsp3) is 0.474. The topological polar surface area (TPSA) is 97.3 Å². The minimum atomic E-state index is -0.827. The summed E-state index contributed by atoms with van der Waals surface area (Å²) in [6, 6.07) is 19.4. The van der Waals surface area contributed by atoms with Gasteiger partial charge in [-0.3, -0.25) is 9.59 Å². The number of morpholine rings is 1. The van der Waals surface area contributed by atoms with Crippen molar-refractivity contribution in [3.05, 3.63) is 101 Å². The van der Waals surface area contributed by atoms with Gasteiger partial charge in [-0.15, -0.1) is 0 Å². The molecule has 3 heterocycles. The number of amides is 2. The first-order chi connectivity index (χ1) is 23.6. The Hall–Kier alpha value is -3.74. The van der Waals surface area contributed by atoms with E-state index in [1.54, 1.807) is 29.2 Å². The lowest BCUT2D eigenvalue weighted by Gasteiger charge is -2.48. The van der Waals surface area contributed by atoms with Crippen LogP contribution in [0.25, 0.3) is 0 Å². The summed E-state index contributed by atoms with van der Waals surface area (Å²) in [6.45, 7) is 5.71. The molecule has 11 heteroatoms. The third-order valence-corrected chi connectivity index (χ3v) is 10.3. The number of benzene rings is 3. The zero-order valence-electron chi connectivity index (χ0n) is 28.0. The van der Waals surface area contributed by atoms with E-state index >= 15 is 0 Å². The average Bonchev–Trinajstić information content (AvgIpc) is 3.08. The fourth-order valence-corrected chi connectivity index (χ4v) is 6.92. The smallest absolute Gasteiger partial charge is 0.246 e. The van der Waals surface area contributed by atoms with Crippen LogP contribution in [-0.4, -0.2) is 93.3 Å². The van der Waals surface area contributed by atoms with Crippen LogP contribution in [0.1, 0.15) is 48.1 Å². The summed E-state index contributed by atoms with van der Waals surface area (Å²) in [5.74, 6) is -1.34. The molecular weight excluding hydrogens is 632 g/mol. The molecule has 9 nitrogen and oxygen atoms in total. The number of β-lactam (4-membered cyclic amide) rings is 1. The number of nitrogens with zero attached hydrogens (tertiary/aromatic N) is 2. The molecule has 3 aliphatic rings. The minimum absolute atomic E-state index is 0.0126. The molecule has 3 atom stereocenters.